The summed E-state index contributed by atoms with van der Waals surface area (Å²) in [6.07, 6.45) is -2.62. The van der Waals surface area contributed by atoms with Gasteiger partial charge in [0.05, 0.1) is 0 Å². The van der Waals surface area contributed by atoms with Crippen LogP contribution in [0.4, 0.5) is 8.78 Å². The van der Waals surface area contributed by atoms with Gasteiger partial charge < -0.3 is 5.73 Å². The Kier molecular flexibility index (Phi) is 6.49. The Bertz CT molecular complexity index is 490. The van der Waals surface area contributed by atoms with Crippen molar-refractivity contribution < 1.29 is 8.78 Å². The van der Waals surface area contributed by atoms with Crippen molar-refractivity contribution in [2.75, 3.05) is 6.54 Å². The van der Waals surface area contributed by atoms with Gasteiger partial charge in [0, 0.05) is 32.1 Å². The van der Waals surface area contributed by atoms with Crippen LogP contribution < -0.4 is 5.73 Å². The van der Waals surface area contributed by atoms with Gasteiger partial charge in [0.25, 0.3) is 0 Å². The van der Waals surface area contributed by atoms with E-state index < -0.39 is 12.5 Å². The molecule has 2 rings (SSSR count). The molecule has 4 heteroatoms. The fraction of sp³-hybridized carbons (Fsp3) is 0.333. The van der Waals surface area contributed by atoms with Gasteiger partial charge in [-0.1, -0.05) is 60.7 Å². The Morgan fingerprint density at radius 2 is 1.27 bits per heavy atom. The minimum absolute atomic E-state index is 0.264. The van der Waals surface area contributed by atoms with Crippen molar-refractivity contribution in [3.8, 4) is 0 Å². The summed E-state index contributed by atoms with van der Waals surface area (Å²) in [6, 6.07) is 19.5. The molecule has 1 atom stereocenters. The highest BCUT2D eigenvalue weighted by molar-refractivity contribution is 5.17. The molecule has 2 aromatic rings. The first-order chi connectivity index (χ1) is 10.6. The Balaban J connectivity index is 2.03. The first kappa shape index (κ1) is 16.6. The Labute approximate surface area is 130 Å². The van der Waals surface area contributed by atoms with Crippen molar-refractivity contribution in [1.82, 2.24) is 4.90 Å². The number of hydrogen-bond acceptors (Lipinski definition) is 2. The number of alkyl halides is 2. The van der Waals surface area contributed by atoms with Crippen LogP contribution >= 0.6 is 0 Å². The lowest BCUT2D eigenvalue weighted by molar-refractivity contribution is 0.116. The van der Waals surface area contributed by atoms with Crippen LogP contribution in [0.1, 0.15) is 17.5 Å². The van der Waals surface area contributed by atoms with E-state index in [2.05, 4.69) is 4.90 Å². The van der Waals surface area contributed by atoms with Crippen LogP contribution in [0.15, 0.2) is 60.7 Å². The molecule has 2 aromatic carbocycles. The van der Waals surface area contributed by atoms with Crippen LogP contribution in [-0.4, -0.2) is 23.9 Å². The Hall–Kier alpha value is -1.78. The number of nitrogens with zero attached hydrogens (tertiary/aromatic N) is 1. The lowest BCUT2D eigenvalue weighted by Crippen LogP contribution is -2.38. The highest BCUT2D eigenvalue weighted by Crippen LogP contribution is 2.12. The summed E-state index contributed by atoms with van der Waals surface area (Å²) < 4.78 is 25.0. The van der Waals surface area contributed by atoms with Crippen LogP contribution in [-0.2, 0) is 13.1 Å². The molecule has 2 N–H and O–H groups in total. The topological polar surface area (TPSA) is 29.3 Å². The molecule has 0 saturated heterocycles. The quantitative estimate of drug-likeness (QED) is 0.806. The molecule has 22 heavy (non-hydrogen) atoms. The predicted molar refractivity (Wildman–Crippen MR) is 85.6 cm³/mol. The lowest BCUT2D eigenvalue weighted by Gasteiger charge is -2.26. The van der Waals surface area contributed by atoms with Crippen LogP contribution in [0.2, 0.25) is 0 Å². The summed E-state index contributed by atoms with van der Waals surface area (Å²) in [5.74, 6) is 0. The first-order valence-electron chi connectivity index (χ1n) is 7.47. The van der Waals surface area contributed by atoms with Crippen molar-refractivity contribution in [3.05, 3.63) is 71.8 Å². The highest BCUT2D eigenvalue weighted by atomic mass is 19.3. The van der Waals surface area contributed by atoms with E-state index in [1.54, 1.807) is 0 Å². The van der Waals surface area contributed by atoms with Crippen LogP contribution in [0.5, 0.6) is 0 Å². The van der Waals surface area contributed by atoms with Gasteiger partial charge >= 0.3 is 0 Å². The number of hydrogen-bond donors (Lipinski definition) is 1. The van der Waals surface area contributed by atoms with E-state index in [9.17, 15) is 8.78 Å². The fourth-order valence-corrected chi connectivity index (χ4v) is 2.50. The zero-order valence-corrected chi connectivity index (χ0v) is 12.5. The third-order valence-electron chi connectivity index (χ3n) is 3.47. The van der Waals surface area contributed by atoms with Crippen LogP contribution in [0.25, 0.3) is 0 Å². The van der Waals surface area contributed by atoms with Gasteiger partial charge in [-0.15, -0.1) is 0 Å². The van der Waals surface area contributed by atoms with E-state index in [0.717, 1.165) is 11.1 Å². The summed E-state index contributed by atoms with van der Waals surface area (Å²) in [7, 11) is 0. The molecule has 0 heterocycles. The zero-order valence-electron chi connectivity index (χ0n) is 12.5. The zero-order chi connectivity index (χ0) is 15.8. The second-order valence-electron chi connectivity index (χ2n) is 5.53. The van der Waals surface area contributed by atoms with Gasteiger partial charge in [-0.3, -0.25) is 4.90 Å². The Morgan fingerprint density at radius 3 is 1.68 bits per heavy atom. The lowest BCUT2D eigenvalue weighted by atomic mass is 10.1. The fourth-order valence-electron chi connectivity index (χ4n) is 2.50. The predicted octanol–water partition coefficient (Wildman–Crippen LogP) is 3.67. The average Bonchev–Trinajstić information content (AvgIpc) is 2.48. The van der Waals surface area contributed by atoms with Gasteiger partial charge in [-0.2, -0.15) is 0 Å². The summed E-state index contributed by atoms with van der Waals surface area (Å²) in [5.41, 5.74) is 8.17. The molecule has 0 aliphatic heterocycles. The molecule has 2 nitrogen and oxygen atoms in total. The van der Waals surface area contributed by atoms with Crippen LogP contribution in [0.3, 0.4) is 0 Å². The molecule has 0 saturated carbocycles. The Morgan fingerprint density at radius 1 is 0.818 bits per heavy atom. The maximum absolute atomic E-state index is 12.5. The molecule has 1 unspecified atom stereocenters. The van der Waals surface area contributed by atoms with Crippen molar-refractivity contribution >= 4 is 0 Å². The summed E-state index contributed by atoms with van der Waals surface area (Å²) in [5, 5.41) is 0. The van der Waals surface area contributed by atoms with Gasteiger partial charge in [0.2, 0.25) is 6.43 Å². The van der Waals surface area contributed by atoms with Gasteiger partial charge in [-0.05, 0) is 11.1 Å². The third kappa shape index (κ3) is 5.92. The number of benzene rings is 2. The van der Waals surface area contributed by atoms with Crippen molar-refractivity contribution in [3.63, 3.8) is 0 Å². The third-order valence-corrected chi connectivity index (χ3v) is 3.47. The number of nitrogens with two attached hydrogens (primary N) is 1. The molecule has 0 amide bonds. The normalized spacial score (nSPS) is 12.8. The molecular formula is C18H22F2N2. The second-order valence-corrected chi connectivity index (χ2v) is 5.53. The minimum atomic E-state index is -2.36. The SMILES string of the molecule is NC(CC(F)F)CN(Cc1ccccc1)Cc1ccccc1. The van der Waals surface area contributed by atoms with Crippen molar-refractivity contribution in [2.45, 2.75) is 32.0 Å². The standard InChI is InChI=1S/C18H22F2N2/c19-18(20)11-17(21)14-22(12-15-7-3-1-4-8-15)13-16-9-5-2-6-10-16/h1-10,17-18H,11-14,21H2. The maximum Gasteiger partial charge on any atom is 0.240 e. The monoisotopic (exact) mass is 304 g/mol. The summed E-state index contributed by atoms with van der Waals surface area (Å²) in [6.45, 7) is 1.85. The van der Waals surface area contributed by atoms with E-state index in [0.29, 0.717) is 19.6 Å². The molecule has 118 valence electrons. The smallest absolute Gasteiger partial charge is 0.240 e. The maximum atomic E-state index is 12.5. The van der Waals surface area contributed by atoms with Gasteiger partial charge in [0.1, 0.15) is 0 Å². The highest BCUT2D eigenvalue weighted by Gasteiger charge is 2.15. The molecule has 0 aliphatic rings. The van der Waals surface area contributed by atoms with Gasteiger partial charge in [-0.25, -0.2) is 8.78 Å². The van der Waals surface area contributed by atoms with E-state index in [4.69, 9.17) is 5.73 Å². The number of halogens is 2. The first-order valence-corrected chi connectivity index (χ1v) is 7.47. The number of rotatable bonds is 8. The van der Waals surface area contributed by atoms with Crippen molar-refractivity contribution in [2.24, 2.45) is 5.73 Å². The van der Waals surface area contributed by atoms with Gasteiger partial charge in [0.15, 0.2) is 0 Å². The summed E-state index contributed by atoms with van der Waals surface area (Å²) in [4.78, 5) is 2.12. The van der Waals surface area contributed by atoms with E-state index in [1.165, 1.54) is 0 Å². The molecule has 0 bridgehead atoms. The molecule has 0 aliphatic carbocycles. The largest absolute Gasteiger partial charge is 0.326 e. The molecule has 0 aromatic heterocycles. The molecule has 0 spiro atoms. The minimum Gasteiger partial charge on any atom is -0.326 e. The van der Waals surface area contributed by atoms with Crippen LogP contribution in [0, 0.1) is 0 Å². The van der Waals surface area contributed by atoms with E-state index in [1.807, 2.05) is 60.7 Å². The van der Waals surface area contributed by atoms with E-state index in [-0.39, 0.29) is 6.42 Å². The molecule has 0 radical (unpaired) electrons. The average molecular weight is 304 g/mol. The second kappa shape index (κ2) is 8.61. The molecular weight excluding hydrogens is 282 g/mol. The van der Waals surface area contributed by atoms with Crippen molar-refractivity contribution in [1.29, 1.82) is 0 Å². The molecule has 0 fully saturated rings. The summed E-state index contributed by atoms with van der Waals surface area (Å²) >= 11 is 0. The van der Waals surface area contributed by atoms with E-state index >= 15 is 0 Å².